The molecule has 0 radical (unpaired) electrons. The lowest BCUT2D eigenvalue weighted by molar-refractivity contribution is 0.262. The highest BCUT2D eigenvalue weighted by Crippen LogP contribution is 2.19. The third kappa shape index (κ3) is 5.01. The summed E-state index contributed by atoms with van der Waals surface area (Å²) in [5.74, 6) is -1.19. The van der Waals surface area contributed by atoms with Crippen molar-refractivity contribution in [3.8, 4) is 12.1 Å². The molecule has 0 fully saturated rings. The summed E-state index contributed by atoms with van der Waals surface area (Å²) >= 11 is 0. The molecule has 0 spiro atoms. The predicted molar refractivity (Wildman–Crippen MR) is 87.7 cm³/mol. The van der Waals surface area contributed by atoms with E-state index >= 15 is 0 Å². The van der Waals surface area contributed by atoms with E-state index in [1.54, 1.807) is 0 Å². The zero-order chi connectivity index (χ0) is 18.2. The van der Waals surface area contributed by atoms with Gasteiger partial charge in [-0.25, -0.2) is 13.6 Å². The Hall–Kier alpha value is -3.98. The van der Waals surface area contributed by atoms with Gasteiger partial charge in [0.05, 0.1) is 5.69 Å². The molecule has 9 heteroatoms. The van der Waals surface area contributed by atoms with E-state index in [2.05, 4.69) is 21.2 Å². The molecule has 0 saturated heterocycles. The molecule has 0 unspecified atom stereocenters. The second-order valence-corrected chi connectivity index (χ2v) is 4.58. The number of hydrazone groups is 1. The van der Waals surface area contributed by atoms with Crippen molar-refractivity contribution in [2.75, 3.05) is 16.1 Å². The summed E-state index contributed by atoms with van der Waals surface area (Å²) in [6.07, 6.45) is 0. The number of nitriles is 2. The van der Waals surface area contributed by atoms with E-state index in [1.807, 2.05) is 0 Å². The SMILES string of the molecule is N#CC(C#N)=NNc1ccc(NC(=O)Nc2ccc(F)cc2)cc1F. The molecule has 0 aliphatic carbocycles. The lowest BCUT2D eigenvalue weighted by Gasteiger charge is -2.09. The minimum Gasteiger partial charge on any atom is -0.308 e. The van der Waals surface area contributed by atoms with Crippen LogP contribution in [0.25, 0.3) is 0 Å². The van der Waals surface area contributed by atoms with E-state index in [0.717, 1.165) is 6.07 Å². The Bertz CT molecular complexity index is 880. The largest absolute Gasteiger partial charge is 0.323 e. The minimum absolute atomic E-state index is 0.0764. The topological polar surface area (TPSA) is 113 Å². The Labute approximate surface area is 141 Å². The van der Waals surface area contributed by atoms with Gasteiger partial charge in [-0.05, 0) is 42.5 Å². The van der Waals surface area contributed by atoms with Crippen molar-refractivity contribution in [1.29, 1.82) is 10.5 Å². The van der Waals surface area contributed by atoms with Crippen molar-refractivity contribution in [2.24, 2.45) is 5.10 Å². The molecule has 0 bridgehead atoms. The van der Waals surface area contributed by atoms with Gasteiger partial charge in [0.15, 0.2) is 0 Å². The van der Waals surface area contributed by atoms with Crippen molar-refractivity contribution >= 4 is 28.8 Å². The number of halogens is 2. The number of hydrogen-bond acceptors (Lipinski definition) is 5. The minimum atomic E-state index is -0.751. The maximum Gasteiger partial charge on any atom is 0.323 e. The first-order chi connectivity index (χ1) is 12.0. The molecule has 25 heavy (non-hydrogen) atoms. The molecule has 0 saturated carbocycles. The van der Waals surface area contributed by atoms with E-state index in [0.29, 0.717) is 5.69 Å². The molecule has 2 aromatic carbocycles. The van der Waals surface area contributed by atoms with E-state index in [1.165, 1.54) is 48.5 Å². The summed E-state index contributed by atoms with van der Waals surface area (Å²) in [4.78, 5) is 11.8. The number of benzene rings is 2. The predicted octanol–water partition coefficient (Wildman–Crippen LogP) is 3.42. The van der Waals surface area contributed by atoms with Crippen molar-refractivity contribution in [3.63, 3.8) is 0 Å². The molecule has 0 aromatic heterocycles. The molecule has 7 nitrogen and oxygen atoms in total. The number of urea groups is 1. The van der Waals surface area contributed by atoms with Crippen LogP contribution in [0.1, 0.15) is 0 Å². The fraction of sp³-hybridized carbons (Fsp3) is 0. The number of carbonyl (C=O) groups is 1. The van der Waals surface area contributed by atoms with E-state index in [9.17, 15) is 13.6 Å². The van der Waals surface area contributed by atoms with E-state index < -0.39 is 23.4 Å². The van der Waals surface area contributed by atoms with Gasteiger partial charge in [-0.2, -0.15) is 15.6 Å². The molecule has 0 aliphatic rings. The number of carbonyl (C=O) groups excluding carboxylic acids is 1. The maximum absolute atomic E-state index is 13.9. The molecule has 0 atom stereocenters. The van der Waals surface area contributed by atoms with Gasteiger partial charge in [-0.3, -0.25) is 5.43 Å². The standard InChI is InChI=1S/C16H10F2N6O/c17-10-1-3-11(4-2-10)21-16(25)22-12-5-6-15(14(18)7-12)24-23-13(8-19)9-20/h1-7,24H,(H2,21,22,25). The van der Waals surface area contributed by atoms with Crippen LogP contribution in [0.2, 0.25) is 0 Å². The Morgan fingerprint density at radius 3 is 2.16 bits per heavy atom. The molecule has 2 aromatic rings. The molecular formula is C16H10F2N6O. The van der Waals surface area contributed by atoms with Crippen molar-refractivity contribution in [1.82, 2.24) is 0 Å². The summed E-state index contributed by atoms with van der Waals surface area (Å²) in [6, 6.07) is 11.2. The van der Waals surface area contributed by atoms with E-state index in [-0.39, 0.29) is 11.4 Å². The average Bonchev–Trinajstić information content (AvgIpc) is 2.59. The number of hydrogen-bond donors (Lipinski definition) is 3. The van der Waals surface area contributed by atoms with Gasteiger partial charge in [0.2, 0.25) is 5.71 Å². The molecule has 124 valence electrons. The van der Waals surface area contributed by atoms with Crippen molar-refractivity contribution < 1.29 is 13.6 Å². The van der Waals surface area contributed by atoms with Crippen LogP contribution < -0.4 is 16.1 Å². The summed E-state index contributed by atoms with van der Waals surface area (Å²) in [5.41, 5.74) is 2.24. The zero-order valence-electron chi connectivity index (χ0n) is 12.5. The maximum atomic E-state index is 13.9. The van der Waals surface area contributed by atoms with Crippen LogP contribution >= 0.6 is 0 Å². The lowest BCUT2D eigenvalue weighted by atomic mass is 10.2. The third-order valence-electron chi connectivity index (χ3n) is 2.83. The molecule has 2 rings (SSSR count). The number of nitrogens with one attached hydrogen (secondary N) is 3. The summed E-state index contributed by atoms with van der Waals surface area (Å²) < 4.78 is 26.7. The van der Waals surface area contributed by atoms with Crippen molar-refractivity contribution in [3.05, 3.63) is 54.1 Å². The van der Waals surface area contributed by atoms with Crippen LogP contribution in [-0.4, -0.2) is 11.7 Å². The molecule has 3 N–H and O–H groups in total. The number of nitrogens with zero attached hydrogens (tertiary/aromatic N) is 3. The van der Waals surface area contributed by atoms with Gasteiger partial charge in [-0.1, -0.05) is 0 Å². The normalized spacial score (nSPS) is 9.28. The third-order valence-corrected chi connectivity index (χ3v) is 2.83. The number of anilines is 3. The first-order valence-electron chi connectivity index (χ1n) is 6.79. The first kappa shape index (κ1) is 17.4. The zero-order valence-corrected chi connectivity index (χ0v) is 12.5. The highest BCUT2D eigenvalue weighted by molar-refractivity contribution is 6.10. The monoisotopic (exact) mass is 340 g/mol. The van der Waals surface area contributed by atoms with Crippen LogP contribution in [0.15, 0.2) is 47.6 Å². The van der Waals surface area contributed by atoms with Gasteiger partial charge in [0.25, 0.3) is 0 Å². The highest BCUT2D eigenvalue weighted by atomic mass is 19.1. The van der Waals surface area contributed by atoms with E-state index in [4.69, 9.17) is 10.5 Å². The average molecular weight is 340 g/mol. The van der Waals surface area contributed by atoms with Gasteiger partial charge in [-0.15, -0.1) is 0 Å². The van der Waals surface area contributed by atoms with Gasteiger partial charge >= 0.3 is 6.03 Å². The Morgan fingerprint density at radius 1 is 0.960 bits per heavy atom. The molecular weight excluding hydrogens is 330 g/mol. The quantitative estimate of drug-likeness (QED) is 0.584. The molecule has 0 heterocycles. The molecule has 0 aliphatic heterocycles. The highest BCUT2D eigenvalue weighted by Gasteiger charge is 2.07. The number of rotatable bonds is 4. The van der Waals surface area contributed by atoms with Crippen LogP contribution in [-0.2, 0) is 0 Å². The fourth-order valence-electron chi connectivity index (χ4n) is 1.70. The summed E-state index contributed by atoms with van der Waals surface area (Å²) in [6.45, 7) is 0. The van der Waals surface area contributed by atoms with Gasteiger partial charge in [0, 0.05) is 11.4 Å². The lowest BCUT2D eigenvalue weighted by Crippen LogP contribution is -2.19. The van der Waals surface area contributed by atoms with Crippen molar-refractivity contribution in [2.45, 2.75) is 0 Å². The smallest absolute Gasteiger partial charge is 0.308 e. The summed E-state index contributed by atoms with van der Waals surface area (Å²) in [7, 11) is 0. The first-order valence-corrected chi connectivity index (χ1v) is 6.79. The number of amides is 2. The Morgan fingerprint density at radius 2 is 1.56 bits per heavy atom. The van der Waals surface area contributed by atoms with Crippen LogP contribution in [0, 0.1) is 34.3 Å². The van der Waals surface area contributed by atoms with Crippen LogP contribution in [0.5, 0.6) is 0 Å². The second-order valence-electron chi connectivity index (χ2n) is 4.58. The van der Waals surface area contributed by atoms with Crippen LogP contribution in [0.3, 0.4) is 0 Å². The van der Waals surface area contributed by atoms with Gasteiger partial charge in [0.1, 0.15) is 23.8 Å². The Kier molecular flexibility index (Phi) is 5.59. The second kappa shape index (κ2) is 8.04. The summed E-state index contributed by atoms with van der Waals surface area (Å²) in [5, 5.41) is 25.4. The fourth-order valence-corrected chi connectivity index (χ4v) is 1.70. The molecule has 2 amide bonds. The Balaban J connectivity index is 2.01. The van der Waals surface area contributed by atoms with Crippen LogP contribution in [0.4, 0.5) is 30.6 Å². The van der Waals surface area contributed by atoms with Gasteiger partial charge < -0.3 is 10.6 Å².